The Labute approximate surface area is 116 Å². The molecule has 0 radical (unpaired) electrons. The Morgan fingerprint density at radius 2 is 2.14 bits per heavy atom. The van der Waals surface area contributed by atoms with Crippen molar-refractivity contribution >= 4 is 11.4 Å². The number of nitrogens with one attached hydrogen (secondary N) is 1. The second kappa shape index (κ2) is 5.38. The van der Waals surface area contributed by atoms with Crippen molar-refractivity contribution in [1.29, 1.82) is 0 Å². The predicted octanol–water partition coefficient (Wildman–Crippen LogP) is 2.35. The van der Waals surface area contributed by atoms with Gasteiger partial charge in [0.25, 0.3) is 5.69 Å². The first-order valence-corrected chi connectivity index (χ1v) is 5.71. The van der Waals surface area contributed by atoms with Gasteiger partial charge in [-0.05, 0) is 12.1 Å². The van der Waals surface area contributed by atoms with Gasteiger partial charge in [-0.15, -0.1) is 0 Å². The van der Waals surface area contributed by atoms with Gasteiger partial charge >= 0.3 is 6.18 Å². The Hall–Kier alpha value is -2.65. The molecule has 0 fully saturated rings. The normalized spacial score (nSPS) is 11.4. The van der Waals surface area contributed by atoms with E-state index >= 15 is 0 Å². The fourth-order valence-corrected chi connectivity index (χ4v) is 1.66. The van der Waals surface area contributed by atoms with Crippen LogP contribution in [0.4, 0.5) is 24.5 Å². The minimum Gasteiger partial charge on any atom is -0.372 e. The summed E-state index contributed by atoms with van der Waals surface area (Å²) in [6, 6.07) is 2.31. The zero-order chi connectivity index (χ0) is 15.6. The van der Waals surface area contributed by atoms with Gasteiger partial charge in [0.15, 0.2) is 0 Å². The highest BCUT2D eigenvalue weighted by molar-refractivity contribution is 5.62. The summed E-state index contributed by atoms with van der Waals surface area (Å²) in [5, 5.41) is 17.4. The van der Waals surface area contributed by atoms with Crippen molar-refractivity contribution in [3.63, 3.8) is 0 Å². The largest absolute Gasteiger partial charge is 0.416 e. The molecule has 1 N–H and O–H groups in total. The van der Waals surface area contributed by atoms with Crippen molar-refractivity contribution in [2.24, 2.45) is 7.05 Å². The van der Waals surface area contributed by atoms with Crippen molar-refractivity contribution in [2.75, 3.05) is 5.32 Å². The van der Waals surface area contributed by atoms with E-state index in [1.54, 1.807) is 7.05 Å². The molecule has 10 heteroatoms. The van der Waals surface area contributed by atoms with Crippen molar-refractivity contribution < 1.29 is 18.1 Å². The number of nitro benzene ring substituents is 1. The molecule has 2 aromatic rings. The molecule has 0 amide bonds. The van der Waals surface area contributed by atoms with Gasteiger partial charge in [0, 0.05) is 13.1 Å². The number of halogens is 3. The molecule has 2 rings (SSSR count). The van der Waals surface area contributed by atoms with Crippen LogP contribution in [-0.4, -0.2) is 19.7 Å². The maximum atomic E-state index is 12.6. The third-order valence-corrected chi connectivity index (χ3v) is 2.76. The monoisotopic (exact) mass is 301 g/mol. The van der Waals surface area contributed by atoms with Crippen LogP contribution >= 0.6 is 0 Å². The van der Waals surface area contributed by atoms with Crippen LogP contribution in [0.1, 0.15) is 11.4 Å². The lowest BCUT2D eigenvalue weighted by Crippen LogP contribution is -2.10. The van der Waals surface area contributed by atoms with Gasteiger partial charge in [-0.3, -0.25) is 14.8 Å². The molecule has 0 atom stereocenters. The molecule has 0 saturated heterocycles. The van der Waals surface area contributed by atoms with Crippen LogP contribution in [0.15, 0.2) is 24.5 Å². The number of benzene rings is 1. The quantitative estimate of drug-likeness (QED) is 0.692. The molecule has 7 nitrogen and oxygen atoms in total. The molecule has 112 valence electrons. The van der Waals surface area contributed by atoms with E-state index in [-0.39, 0.29) is 12.2 Å². The van der Waals surface area contributed by atoms with Crippen LogP contribution in [0.2, 0.25) is 0 Å². The smallest absolute Gasteiger partial charge is 0.372 e. The average Bonchev–Trinajstić information content (AvgIpc) is 2.80. The number of alkyl halides is 3. The number of hydrogen-bond donors (Lipinski definition) is 1. The first-order valence-electron chi connectivity index (χ1n) is 5.71. The second-order valence-corrected chi connectivity index (χ2v) is 4.14. The topological polar surface area (TPSA) is 85.9 Å². The van der Waals surface area contributed by atoms with E-state index in [0.717, 1.165) is 12.1 Å². The number of nitrogens with zero attached hydrogens (tertiary/aromatic N) is 4. The maximum Gasteiger partial charge on any atom is 0.416 e. The van der Waals surface area contributed by atoms with E-state index in [1.165, 1.54) is 11.0 Å². The predicted molar refractivity (Wildman–Crippen MR) is 66.4 cm³/mol. The minimum atomic E-state index is -4.63. The fourth-order valence-electron chi connectivity index (χ4n) is 1.66. The number of rotatable bonds is 4. The molecule has 0 aliphatic carbocycles. The number of anilines is 1. The lowest BCUT2D eigenvalue weighted by molar-refractivity contribution is -0.384. The number of aryl methyl sites for hydroxylation is 1. The third kappa shape index (κ3) is 3.27. The SMILES string of the molecule is Cn1ncnc1CNc1ccc(C(F)(F)F)cc1[N+](=O)[O-]. The van der Waals surface area contributed by atoms with E-state index in [1.807, 2.05) is 0 Å². The van der Waals surface area contributed by atoms with E-state index in [4.69, 9.17) is 0 Å². The number of nitro groups is 1. The van der Waals surface area contributed by atoms with Crippen LogP contribution in [0.5, 0.6) is 0 Å². The van der Waals surface area contributed by atoms with Crippen LogP contribution in [-0.2, 0) is 19.8 Å². The second-order valence-electron chi connectivity index (χ2n) is 4.14. The minimum absolute atomic E-state index is 0.0176. The Morgan fingerprint density at radius 1 is 1.43 bits per heavy atom. The summed E-state index contributed by atoms with van der Waals surface area (Å²) in [6.45, 7) is 0.0999. The Morgan fingerprint density at radius 3 is 2.67 bits per heavy atom. The number of hydrogen-bond acceptors (Lipinski definition) is 5. The molecular formula is C11H10F3N5O2. The molecule has 0 spiro atoms. The van der Waals surface area contributed by atoms with Crippen molar-refractivity contribution in [1.82, 2.24) is 14.8 Å². The van der Waals surface area contributed by atoms with Crippen molar-refractivity contribution in [2.45, 2.75) is 12.7 Å². The van der Waals surface area contributed by atoms with Gasteiger partial charge in [-0.1, -0.05) is 0 Å². The van der Waals surface area contributed by atoms with Gasteiger partial charge in [0.05, 0.1) is 17.0 Å². The zero-order valence-corrected chi connectivity index (χ0v) is 10.8. The zero-order valence-electron chi connectivity index (χ0n) is 10.8. The summed E-state index contributed by atoms with van der Waals surface area (Å²) in [7, 11) is 1.63. The molecule has 0 unspecified atom stereocenters. The summed E-state index contributed by atoms with van der Waals surface area (Å²) in [4.78, 5) is 13.9. The molecular weight excluding hydrogens is 291 g/mol. The highest BCUT2D eigenvalue weighted by atomic mass is 19.4. The highest BCUT2D eigenvalue weighted by Gasteiger charge is 2.33. The third-order valence-electron chi connectivity index (χ3n) is 2.76. The van der Waals surface area contributed by atoms with E-state index < -0.39 is 22.4 Å². The average molecular weight is 301 g/mol. The molecule has 0 aliphatic heterocycles. The molecule has 1 aromatic carbocycles. The summed E-state index contributed by atoms with van der Waals surface area (Å²) >= 11 is 0. The summed E-state index contributed by atoms with van der Waals surface area (Å²) in [6.07, 6.45) is -3.33. The summed E-state index contributed by atoms with van der Waals surface area (Å²) < 4.78 is 39.1. The lowest BCUT2D eigenvalue weighted by Gasteiger charge is -2.10. The molecule has 1 aromatic heterocycles. The standard InChI is InChI=1S/C11H10F3N5O2/c1-18-10(16-6-17-18)5-15-8-3-2-7(11(12,13)14)4-9(8)19(20)21/h2-4,6,15H,5H2,1H3. The van der Waals surface area contributed by atoms with Crippen LogP contribution in [0, 0.1) is 10.1 Å². The van der Waals surface area contributed by atoms with Crippen LogP contribution in [0.3, 0.4) is 0 Å². The van der Waals surface area contributed by atoms with Gasteiger partial charge in [-0.2, -0.15) is 18.3 Å². The van der Waals surface area contributed by atoms with E-state index in [9.17, 15) is 23.3 Å². The molecule has 21 heavy (non-hydrogen) atoms. The first kappa shape index (κ1) is 14.8. The lowest BCUT2D eigenvalue weighted by atomic mass is 10.1. The number of aromatic nitrogens is 3. The molecule has 0 saturated carbocycles. The fraction of sp³-hybridized carbons (Fsp3) is 0.273. The van der Waals surface area contributed by atoms with Gasteiger partial charge in [0.2, 0.25) is 0 Å². The van der Waals surface area contributed by atoms with Gasteiger partial charge in [0.1, 0.15) is 17.8 Å². The van der Waals surface area contributed by atoms with Crippen LogP contribution < -0.4 is 5.32 Å². The highest BCUT2D eigenvalue weighted by Crippen LogP contribution is 2.35. The van der Waals surface area contributed by atoms with Crippen LogP contribution in [0.25, 0.3) is 0 Å². The summed E-state index contributed by atoms with van der Waals surface area (Å²) in [5.41, 5.74) is -1.73. The van der Waals surface area contributed by atoms with Gasteiger partial charge in [-0.25, -0.2) is 4.98 Å². The first-order chi connectivity index (χ1) is 9.79. The molecule has 0 aliphatic rings. The van der Waals surface area contributed by atoms with E-state index in [0.29, 0.717) is 11.9 Å². The molecule has 1 heterocycles. The summed E-state index contributed by atoms with van der Waals surface area (Å²) in [5.74, 6) is 0.490. The van der Waals surface area contributed by atoms with Crippen molar-refractivity contribution in [3.8, 4) is 0 Å². The van der Waals surface area contributed by atoms with Gasteiger partial charge < -0.3 is 5.32 Å². The molecule has 0 bridgehead atoms. The van der Waals surface area contributed by atoms with E-state index in [2.05, 4.69) is 15.4 Å². The Kier molecular flexibility index (Phi) is 3.78. The maximum absolute atomic E-state index is 12.6. The Balaban J connectivity index is 2.27. The van der Waals surface area contributed by atoms with Crippen molar-refractivity contribution in [3.05, 3.63) is 46.0 Å². The Bertz CT molecular complexity index is 668.